The molecule has 0 amide bonds. The Labute approximate surface area is 88.5 Å². The molecule has 0 atom stereocenters. The Bertz CT molecular complexity index is 169. The molecule has 0 rings (SSSR count). The number of nitrogens with zero attached hydrogens (tertiary/aromatic N) is 1. The molecule has 14 heavy (non-hydrogen) atoms. The summed E-state index contributed by atoms with van der Waals surface area (Å²) in [5.74, 6) is 0. The molecular weight excluding hydrogens is 172 g/mol. The molecule has 0 unspecified atom stereocenters. The van der Waals surface area contributed by atoms with Gasteiger partial charge < -0.3 is 5.73 Å². The lowest BCUT2D eigenvalue weighted by atomic mass is 10.1. The third kappa shape index (κ3) is 5.95. The van der Waals surface area contributed by atoms with Crippen LogP contribution in [0.2, 0.25) is 0 Å². The van der Waals surface area contributed by atoms with Gasteiger partial charge in [-0.1, -0.05) is 38.2 Å². The molecule has 0 aliphatic rings. The van der Waals surface area contributed by atoms with E-state index in [9.17, 15) is 0 Å². The van der Waals surface area contributed by atoms with Crippen molar-refractivity contribution in [3.8, 4) is 0 Å². The summed E-state index contributed by atoms with van der Waals surface area (Å²) in [4.78, 5) is 2.38. The van der Waals surface area contributed by atoms with Crippen molar-refractivity contribution in [2.45, 2.75) is 32.7 Å². The maximum atomic E-state index is 5.33. The Morgan fingerprint density at radius 2 is 1.71 bits per heavy atom. The average Bonchev–Trinajstić information content (AvgIpc) is 2.19. The molecule has 0 aliphatic heterocycles. The van der Waals surface area contributed by atoms with Gasteiger partial charge in [-0.05, 0) is 19.9 Å². The molecular formula is C12H24N2. The highest BCUT2D eigenvalue weighted by molar-refractivity contribution is 5.03. The normalized spacial score (nSPS) is 12.7. The van der Waals surface area contributed by atoms with Crippen LogP contribution in [0.4, 0.5) is 0 Å². The highest BCUT2D eigenvalue weighted by atomic mass is 15.1. The molecule has 0 saturated carbocycles. The predicted molar refractivity (Wildman–Crippen MR) is 64.3 cm³/mol. The summed E-state index contributed by atoms with van der Waals surface area (Å²) in [5.41, 5.74) is 5.33. The third-order valence-corrected chi connectivity index (χ3v) is 2.48. The van der Waals surface area contributed by atoms with Crippen molar-refractivity contribution in [2.24, 2.45) is 5.73 Å². The van der Waals surface area contributed by atoms with Crippen molar-refractivity contribution in [3.63, 3.8) is 0 Å². The first-order valence-corrected chi connectivity index (χ1v) is 5.48. The highest BCUT2D eigenvalue weighted by Gasteiger charge is 2.07. The minimum absolute atomic E-state index is 0.618. The molecule has 0 spiro atoms. The van der Waals surface area contributed by atoms with E-state index in [4.69, 9.17) is 5.73 Å². The fourth-order valence-electron chi connectivity index (χ4n) is 1.52. The van der Waals surface area contributed by atoms with E-state index >= 15 is 0 Å². The monoisotopic (exact) mass is 196 g/mol. The third-order valence-electron chi connectivity index (χ3n) is 2.48. The molecule has 0 aliphatic carbocycles. The first-order valence-electron chi connectivity index (χ1n) is 5.48. The molecule has 0 aromatic rings. The van der Waals surface area contributed by atoms with Crippen LogP contribution in [-0.2, 0) is 0 Å². The molecule has 0 radical (unpaired) electrons. The number of nitrogens with two attached hydrogens (primary N) is 1. The van der Waals surface area contributed by atoms with Crippen molar-refractivity contribution in [2.75, 3.05) is 20.1 Å². The molecule has 0 aromatic carbocycles. The van der Waals surface area contributed by atoms with Crippen LogP contribution in [-0.4, -0.2) is 31.1 Å². The van der Waals surface area contributed by atoms with E-state index in [-0.39, 0.29) is 0 Å². The van der Waals surface area contributed by atoms with E-state index in [1.807, 2.05) is 12.2 Å². The summed E-state index contributed by atoms with van der Waals surface area (Å²) in [5, 5.41) is 0. The molecule has 82 valence electrons. The van der Waals surface area contributed by atoms with Gasteiger partial charge in [0.15, 0.2) is 0 Å². The summed E-state index contributed by atoms with van der Waals surface area (Å²) in [6, 6.07) is 0.707. The van der Waals surface area contributed by atoms with Crippen LogP contribution < -0.4 is 5.73 Å². The maximum Gasteiger partial charge on any atom is 0.0166 e. The van der Waals surface area contributed by atoms with E-state index < -0.39 is 0 Å². The van der Waals surface area contributed by atoms with Crippen LogP contribution in [0.3, 0.4) is 0 Å². The summed E-state index contributed by atoms with van der Waals surface area (Å²) in [6.07, 6.45) is 10.6. The summed E-state index contributed by atoms with van der Waals surface area (Å²) in [7, 11) is 2.18. The number of hydrogen-bond acceptors (Lipinski definition) is 2. The predicted octanol–water partition coefficient (Wildman–Crippen LogP) is 2.18. The topological polar surface area (TPSA) is 29.3 Å². The number of likely N-dealkylation sites (N-methyl/N-ethyl adjacent to an activating group) is 1. The van der Waals surface area contributed by atoms with Crippen molar-refractivity contribution in [1.29, 1.82) is 0 Å². The summed E-state index contributed by atoms with van der Waals surface area (Å²) < 4.78 is 0. The summed E-state index contributed by atoms with van der Waals surface area (Å²) >= 11 is 0. The van der Waals surface area contributed by atoms with Gasteiger partial charge in [-0.15, -0.1) is 0 Å². The smallest absolute Gasteiger partial charge is 0.0166 e. The molecule has 0 saturated heterocycles. The van der Waals surface area contributed by atoms with Crippen LogP contribution in [0.15, 0.2) is 24.3 Å². The van der Waals surface area contributed by atoms with E-state index in [0.717, 1.165) is 6.54 Å². The number of allylic oxidation sites excluding steroid dienone is 2. The second-order valence-corrected chi connectivity index (χ2v) is 3.50. The second-order valence-electron chi connectivity index (χ2n) is 3.50. The standard InChI is InChI=1S/C12H24N2/c1-4-12(5-2)14(3)11-9-7-6-8-10-13/h6-9,12H,4-5,10-11,13H2,1-3H3/b8-6-,9-7-. The Balaban J connectivity index is 3.76. The fourth-order valence-corrected chi connectivity index (χ4v) is 1.52. The van der Waals surface area contributed by atoms with Gasteiger partial charge in [0.1, 0.15) is 0 Å². The van der Waals surface area contributed by atoms with Gasteiger partial charge in [-0.2, -0.15) is 0 Å². The molecule has 2 N–H and O–H groups in total. The van der Waals surface area contributed by atoms with Crippen molar-refractivity contribution in [3.05, 3.63) is 24.3 Å². The molecule has 2 heteroatoms. The van der Waals surface area contributed by atoms with Gasteiger partial charge in [0.25, 0.3) is 0 Å². The minimum atomic E-state index is 0.618. The van der Waals surface area contributed by atoms with Gasteiger partial charge in [-0.25, -0.2) is 0 Å². The fraction of sp³-hybridized carbons (Fsp3) is 0.667. The molecule has 0 fully saturated rings. The summed E-state index contributed by atoms with van der Waals surface area (Å²) in [6.45, 7) is 6.11. The van der Waals surface area contributed by atoms with Crippen LogP contribution >= 0.6 is 0 Å². The van der Waals surface area contributed by atoms with E-state index in [1.165, 1.54) is 12.8 Å². The highest BCUT2D eigenvalue weighted by Crippen LogP contribution is 2.05. The van der Waals surface area contributed by atoms with Crippen molar-refractivity contribution in [1.82, 2.24) is 4.90 Å². The largest absolute Gasteiger partial charge is 0.327 e. The quantitative estimate of drug-likeness (QED) is 0.632. The number of rotatable bonds is 7. The zero-order valence-corrected chi connectivity index (χ0v) is 9.74. The van der Waals surface area contributed by atoms with Gasteiger partial charge in [0.05, 0.1) is 0 Å². The van der Waals surface area contributed by atoms with E-state index in [2.05, 4.69) is 37.9 Å². The Morgan fingerprint density at radius 3 is 2.21 bits per heavy atom. The van der Waals surface area contributed by atoms with Crippen LogP contribution in [0, 0.1) is 0 Å². The van der Waals surface area contributed by atoms with Gasteiger partial charge >= 0.3 is 0 Å². The number of hydrogen-bond donors (Lipinski definition) is 1. The van der Waals surface area contributed by atoms with Gasteiger partial charge in [0.2, 0.25) is 0 Å². The Kier molecular flexibility index (Phi) is 8.59. The zero-order chi connectivity index (χ0) is 10.8. The van der Waals surface area contributed by atoms with Crippen LogP contribution in [0.5, 0.6) is 0 Å². The lowest BCUT2D eigenvalue weighted by Gasteiger charge is -2.24. The Morgan fingerprint density at radius 1 is 1.14 bits per heavy atom. The average molecular weight is 196 g/mol. The van der Waals surface area contributed by atoms with E-state index in [1.54, 1.807) is 0 Å². The SMILES string of the molecule is CCC(CC)N(C)C/C=C\C=C/CN. The van der Waals surface area contributed by atoms with Gasteiger partial charge in [-0.3, -0.25) is 4.90 Å². The molecule has 0 bridgehead atoms. The molecule has 0 aromatic heterocycles. The maximum absolute atomic E-state index is 5.33. The lowest BCUT2D eigenvalue weighted by Crippen LogP contribution is -2.30. The van der Waals surface area contributed by atoms with Crippen LogP contribution in [0.1, 0.15) is 26.7 Å². The van der Waals surface area contributed by atoms with Gasteiger partial charge in [0, 0.05) is 19.1 Å². The second kappa shape index (κ2) is 8.97. The minimum Gasteiger partial charge on any atom is -0.327 e. The molecule has 2 nitrogen and oxygen atoms in total. The van der Waals surface area contributed by atoms with Crippen LogP contribution in [0.25, 0.3) is 0 Å². The van der Waals surface area contributed by atoms with Crippen molar-refractivity contribution < 1.29 is 0 Å². The van der Waals surface area contributed by atoms with Crippen molar-refractivity contribution >= 4 is 0 Å². The zero-order valence-electron chi connectivity index (χ0n) is 9.74. The Hall–Kier alpha value is -0.600. The first-order chi connectivity index (χ1) is 6.76. The van der Waals surface area contributed by atoms with E-state index in [0.29, 0.717) is 12.6 Å². The first kappa shape index (κ1) is 13.4. The lowest BCUT2D eigenvalue weighted by molar-refractivity contribution is 0.253. The molecule has 0 heterocycles.